The van der Waals surface area contributed by atoms with Crippen molar-refractivity contribution in [2.75, 3.05) is 5.32 Å². The number of rotatable bonds is 10. The predicted molar refractivity (Wildman–Crippen MR) is 143 cm³/mol. The molecule has 0 unspecified atom stereocenters. The van der Waals surface area contributed by atoms with E-state index < -0.39 is 5.97 Å². The van der Waals surface area contributed by atoms with E-state index >= 15 is 0 Å². The molecule has 7 nitrogen and oxygen atoms in total. The minimum Gasteiger partial charge on any atom is -0.427 e. The molecule has 0 radical (unpaired) electrons. The van der Waals surface area contributed by atoms with Crippen molar-refractivity contribution in [2.24, 2.45) is 0 Å². The van der Waals surface area contributed by atoms with E-state index in [4.69, 9.17) is 9.84 Å². The van der Waals surface area contributed by atoms with Crippen LogP contribution in [-0.2, 0) is 14.4 Å². The average molecular weight is 494 g/mol. The highest BCUT2D eigenvalue weighted by Gasteiger charge is 2.11. The summed E-state index contributed by atoms with van der Waals surface area (Å²) in [5.74, 6) is -0.294. The summed E-state index contributed by atoms with van der Waals surface area (Å²) in [7, 11) is 0. The van der Waals surface area contributed by atoms with Gasteiger partial charge in [0.1, 0.15) is 5.75 Å². The van der Waals surface area contributed by atoms with Crippen LogP contribution in [-0.4, -0.2) is 27.4 Å². The summed E-state index contributed by atoms with van der Waals surface area (Å²) < 4.78 is 7.10. The van der Waals surface area contributed by atoms with Crippen LogP contribution in [0.2, 0.25) is 0 Å². The number of allylic oxidation sites excluding steroid dienone is 1. The summed E-state index contributed by atoms with van der Waals surface area (Å²) in [6.45, 7) is 1.42. The summed E-state index contributed by atoms with van der Waals surface area (Å²) in [4.78, 5) is 35.7. The van der Waals surface area contributed by atoms with Crippen molar-refractivity contribution in [3.63, 3.8) is 0 Å². The number of hydrogen-bond donors (Lipinski definition) is 1. The van der Waals surface area contributed by atoms with Crippen LogP contribution in [0.15, 0.2) is 97.2 Å². The minimum absolute atomic E-state index is 0.0843. The molecule has 37 heavy (non-hydrogen) atoms. The van der Waals surface area contributed by atoms with E-state index in [1.165, 1.54) is 13.0 Å². The van der Waals surface area contributed by atoms with Crippen molar-refractivity contribution in [1.29, 1.82) is 0 Å². The number of hydrogen-bond acceptors (Lipinski definition) is 5. The van der Waals surface area contributed by atoms with E-state index in [9.17, 15) is 14.4 Å². The Kier molecular flexibility index (Phi) is 8.39. The smallest absolute Gasteiger partial charge is 0.311 e. The van der Waals surface area contributed by atoms with Gasteiger partial charge in [-0.3, -0.25) is 14.4 Å². The fourth-order valence-electron chi connectivity index (χ4n) is 3.71. The molecule has 1 aromatic heterocycles. The first-order chi connectivity index (χ1) is 18.0. The van der Waals surface area contributed by atoms with Gasteiger partial charge in [0.2, 0.25) is 5.91 Å². The van der Waals surface area contributed by atoms with Gasteiger partial charge in [0, 0.05) is 42.8 Å². The first-order valence-corrected chi connectivity index (χ1v) is 12.0. The van der Waals surface area contributed by atoms with Gasteiger partial charge in [-0.05, 0) is 55.0 Å². The Morgan fingerprint density at radius 1 is 0.892 bits per heavy atom. The van der Waals surface area contributed by atoms with Crippen molar-refractivity contribution in [2.45, 2.75) is 26.2 Å². The Balaban J connectivity index is 1.34. The maximum atomic E-state index is 12.5. The summed E-state index contributed by atoms with van der Waals surface area (Å²) >= 11 is 0. The molecule has 0 aliphatic rings. The number of nitrogens with one attached hydrogen (secondary N) is 1. The van der Waals surface area contributed by atoms with E-state index in [2.05, 4.69) is 5.32 Å². The lowest BCUT2D eigenvalue weighted by molar-refractivity contribution is -0.134. The molecule has 0 bridgehead atoms. The van der Waals surface area contributed by atoms with Gasteiger partial charge < -0.3 is 10.1 Å². The molecule has 0 aliphatic carbocycles. The number of esters is 1. The molecule has 0 fully saturated rings. The molecular weight excluding hydrogens is 466 g/mol. The number of ketones is 1. The van der Waals surface area contributed by atoms with Gasteiger partial charge >= 0.3 is 5.97 Å². The zero-order valence-corrected chi connectivity index (χ0v) is 20.5. The fraction of sp³-hybridized carbons (Fsp3) is 0.133. The van der Waals surface area contributed by atoms with Crippen LogP contribution in [0.3, 0.4) is 0 Å². The van der Waals surface area contributed by atoms with Crippen molar-refractivity contribution in [1.82, 2.24) is 9.78 Å². The highest BCUT2D eigenvalue weighted by atomic mass is 16.5. The van der Waals surface area contributed by atoms with Gasteiger partial charge in [-0.1, -0.05) is 48.5 Å². The van der Waals surface area contributed by atoms with Crippen molar-refractivity contribution >= 4 is 29.4 Å². The van der Waals surface area contributed by atoms with Gasteiger partial charge in [-0.25, -0.2) is 4.68 Å². The minimum atomic E-state index is -0.417. The van der Waals surface area contributed by atoms with Crippen LogP contribution < -0.4 is 10.1 Å². The van der Waals surface area contributed by atoms with Crippen molar-refractivity contribution < 1.29 is 19.1 Å². The molecule has 1 heterocycles. The number of carbonyl (C=O) groups excluding carboxylic acids is 3. The van der Waals surface area contributed by atoms with Crippen molar-refractivity contribution in [3.05, 3.63) is 103 Å². The Labute approximate surface area is 215 Å². The molecule has 186 valence electrons. The summed E-state index contributed by atoms with van der Waals surface area (Å²) in [5, 5.41) is 7.40. The largest absolute Gasteiger partial charge is 0.427 e. The topological polar surface area (TPSA) is 90.3 Å². The average Bonchev–Trinajstić information content (AvgIpc) is 3.34. The maximum absolute atomic E-state index is 12.5. The number of aromatic nitrogens is 2. The number of para-hydroxylation sites is 1. The third kappa shape index (κ3) is 7.35. The molecule has 0 saturated heterocycles. The van der Waals surface area contributed by atoms with Gasteiger partial charge in [-0.15, -0.1) is 0 Å². The first-order valence-electron chi connectivity index (χ1n) is 12.0. The number of ether oxygens (including phenoxy) is 1. The monoisotopic (exact) mass is 493 g/mol. The maximum Gasteiger partial charge on any atom is 0.311 e. The molecule has 4 rings (SSSR count). The van der Waals surface area contributed by atoms with Gasteiger partial charge in [0.05, 0.1) is 11.4 Å². The molecule has 1 amide bonds. The number of nitrogens with zero attached hydrogens (tertiary/aromatic N) is 2. The van der Waals surface area contributed by atoms with Crippen LogP contribution in [0.4, 0.5) is 5.69 Å². The highest BCUT2D eigenvalue weighted by Crippen LogP contribution is 2.25. The van der Waals surface area contributed by atoms with Crippen LogP contribution in [0, 0.1) is 0 Å². The standard InChI is InChI=1S/C30H27N3O4/c1-22(34)31-25-16-19-28(20-17-25)37-29(36)14-8-13-27(35)18-15-24-21-33(26-11-6-3-7-12-26)32-30(24)23-9-4-2-5-10-23/h2-7,9-12,15-21H,8,13-14H2,1H3,(H,31,34)/b18-15+. The SMILES string of the molecule is CC(=O)Nc1ccc(OC(=O)CCCC(=O)/C=C/c2cn(-c3ccccc3)nc2-c2ccccc2)cc1. The molecule has 3 aromatic carbocycles. The second kappa shape index (κ2) is 12.3. The number of carbonyl (C=O) groups is 3. The van der Waals surface area contributed by atoms with Crippen LogP contribution >= 0.6 is 0 Å². The summed E-state index contributed by atoms with van der Waals surface area (Å²) in [6, 6.07) is 26.1. The molecule has 0 atom stereocenters. The first kappa shape index (κ1) is 25.3. The van der Waals surface area contributed by atoms with E-state index in [0.29, 0.717) is 17.9 Å². The van der Waals surface area contributed by atoms with Crippen LogP contribution in [0.1, 0.15) is 31.7 Å². The normalized spacial score (nSPS) is 10.8. The summed E-state index contributed by atoms with van der Waals surface area (Å²) in [5.41, 5.74) is 4.10. The van der Waals surface area contributed by atoms with Gasteiger partial charge in [-0.2, -0.15) is 5.10 Å². The number of anilines is 1. The summed E-state index contributed by atoms with van der Waals surface area (Å²) in [6.07, 6.45) is 5.92. The molecule has 7 heteroatoms. The van der Waals surface area contributed by atoms with Crippen LogP contribution in [0.25, 0.3) is 23.0 Å². The molecular formula is C30H27N3O4. The van der Waals surface area contributed by atoms with E-state index in [1.807, 2.05) is 66.9 Å². The molecule has 1 N–H and O–H groups in total. The second-order valence-corrected chi connectivity index (χ2v) is 8.41. The molecule has 0 spiro atoms. The molecule has 4 aromatic rings. The fourth-order valence-corrected chi connectivity index (χ4v) is 3.71. The molecule has 0 saturated carbocycles. The molecule has 0 aliphatic heterocycles. The lowest BCUT2D eigenvalue weighted by atomic mass is 10.1. The third-order valence-corrected chi connectivity index (χ3v) is 5.47. The van der Waals surface area contributed by atoms with Gasteiger partial charge in [0.15, 0.2) is 5.78 Å². The zero-order chi connectivity index (χ0) is 26.0. The Bertz CT molecular complexity index is 1390. The second-order valence-electron chi connectivity index (χ2n) is 8.41. The number of amides is 1. The Morgan fingerprint density at radius 2 is 1.57 bits per heavy atom. The lowest BCUT2D eigenvalue weighted by Gasteiger charge is -2.06. The third-order valence-electron chi connectivity index (χ3n) is 5.47. The highest BCUT2D eigenvalue weighted by molar-refractivity contribution is 5.94. The van der Waals surface area contributed by atoms with Crippen LogP contribution in [0.5, 0.6) is 5.75 Å². The van der Waals surface area contributed by atoms with E-state index in [-0.39, 0.29) is 24.5 Å². The van der Waals surface area contributed by atoms with Crippen molar-refractivity contribution in [3.8, 4) is 22.7 Å². The van der Waals surface area contributed by atoms with Gasteiger partial charge in [0.25, 0.3) is 0 Å². The Hall–Kier alpha value is -4.78. The van der Waals surface area contributed by atoms with E-state index in [1.54, 1.807) is 35.0 Å². The number of benzene rings is 3. The quantitative estimate of drug-likeness (QED) is 0.170. The zero-order valence-electron chi connectivity index (χ0n) is 20.5. The Morgan fingerprint density at radius 3 is 2.24 bits per heavy atom. The van der Waals surface area contributed by atoms with E-state index in [0.717, 1.165) is 22.5 Å². The predicted octanol–water partition coefficient (Wildman–Crippen LogP) is 5.86. The lowest BCUT2D eigenvalue weighted by Crippen LogP contribution is -2.09.